The van der Waals surface area contributed by atoms with Crippen molar-refractivity contribution in [2.24, 2.45) is 5.41 Å². The second kappa shape index (κ2) is 5.27. The molecule has 1 aliphatic carbocycles. The van der Waals surface area contributed by atoms with Crippen LogP contribution in [0.4, 0.5) is 5.13 Å². The lowest BCUT2D eigenvalue weighted by atomic mass is 9.78. The Morgan fingerprint density at radius 2 is 1.90 bits per heavy atom. The zero-order valence-corrected chi connectivity index (χ0v) is 15.0. The maximum Gasteiger partial charge on any atom is 0.186 e. The molecule has 0 radical (unpaired) electrons. The van der Waals surface area contributed by atoms with Crippen molar-refractivity contribution >= 4 is 34.0 Å². The number of nitrogens with zero attached hydrogens (tertiary/aromatic N) is 2. The molecule has 1 saturated heterocycles. The first kappa shape index (κ1) is 15.3. The number of thiazole rings is 1. The smallest absolute Gasteiger partial charge is 0.186 e. The van der Waals surface area contributed by atoms with Gasteiger partial charge in [0.15, 0.2) is 10.9 Å². The summed E-state index contributed by atoms with van der Waals surface area (Å²) in [6.45, 7) is 11.1. The zero-order chi connectivity index (χ0) is 15.3. The standard InChI is InChI=1S/C16H24N2OS2/c1-15(2)9-11-13(12(19)10-15)21-14(17-11)18-6-5-16(3,4)20-8-7-18/h5-10H2,1-4H3. The van der Waals surface area contributed by atoms with Crippen molar-refractivity contribution in [1.82, 2.24) is 4.98 Å². The van der Waals surface area contributed by atoms with Crippen LogP contribution in [0.15, 0.2) is 0 Å². The number of hydrogen-bond acceptors (Lipinski definition) is 5. The molecule has 3 rings (SSSR count). The fourth-order valence-electron chi connectivity index (χ4n) is 3.05. The summed E-state index contributed by atoms with van der Waals surface area (Å²) in [6, 6.07) is 0. The summed E-state index contributed by atoms with van der Waals surface area (Å²) in [6.07, 6.45) is 2.75. The summed E-state index contributed by atoms with van der Waals surface area (Å²) in [7, 11) is 0. The molecular formula is C16H24N2OS2. The number of aromatic nitrogens is 1. The van der Waals surface area contributed by atoms with Crippen LogP contribution in [0, 0.1) is 5.41 Å². The van der Waals surface area contributed by atoms with Crippen LogP contribution in [0.2, 0.25) is 0 Å². The zero-order valence-electron chi connectivity index (χ0n) is 13.4. The van der Waals surface area contributed by atoms with Gasteiger partial charge in [0.2, 0.25) is 0 Å². The minimum absolute atomic E-state index is 0.0616. The van der Waals surface area contributed by atoms with Crippen molar-refractivity contribution in [3.8, 4) is 0 Å². The van der Waals surface area contributed by atoms with E-state index < -0.39 is 0 Å². The van der Waals surface area contributed by atoms with Gasteiger partial charge in [-0.15, -0.1) is 0 Å². The molecule has 0 atom stereocenters. The molecule has 1 fully saturated rings. The Bertz CT molecular complexity index is 563. The van der Waals surface area contributed by atoms with Gasteiger partial charge in [0.1, 0.15) is 0 Å². The van der Waals surface area contributed by atoms with Gasteiger partial charge in [-0.25, -0.2) is 4.98 Å². The van der Waals surface area contributed by atoms with Crippen molar-refractivity contribution in [2.75, 3.05) is 23.7 Å². The molecule has 1 aliphatic heterocycles. The van der Waals surface area contributed by atoms with Gasteiger partial charge >= 0.3 is 0 Å². The molecule has 1 aromatic heterocycles. The molecular weight excluding hydrogens is 300 g/mol. The number of hydrogen-bond donors (Lipinski definition) is 0. The van der Waals surface area contributed by atoms with E-state index >= 15 is 0 Å². The summed E-state index contributed by atoms with van der Waals surface area (Å²) in [5, 5.41) is 1.06. The predicted octanol–water partition coefficient (Wildman–Crippen LogP) is 4.02. The minimum atomic E-state index is 0.0616. The maximum atomic E-state index is 12.3. The van der Waals surface area contributed by atoms with Gasteiger partial charge in [-0.1, -0.05) is 39.0 Å². The average molecular weight is 325 g/mol. The number of thioether (sulfide) groups is 1. The van der Waals surface area contributed by atoms with E-state index in [9.17, 15) is 4.79 Å². The summed E-state index contributed by atoms with van der Waals surface area (Å²) in [5.74, 6) is 1.42. The second-order valence-electron chi connectivity index (χ2n) is 7.56. The number of ketones is 1. The van der Waals surface area contributed by atoms with E-state index in [-0.39, 0.29) is 11.2 Å². The van der Waals surface area contributed by atoms with E-state index in [0.29, 0.717) is 11.2 Å². The summed E-state index contributed by atoms with van der Waals surface area (Å²) in [5.41, 5.74) is 1.10. The van der Waals surface area contributed by atoms with Crippen LogP contribution in [-0.2, 0) is 6.42 Å². The van der Waals surface area contributed by atoms with Crippen LogP contribution in [0.5, 0.6) is 0 Å². The first-order valence-electron chi connectivity index (χ1n) is 7.68. The highest BCUT2D eigenvalue weighted by atomic mass is 32.2. The summed E-state index contributed by atoms with van der Waals surface area (Å²) < 4.78 is 0.351. The van der Waals surface area contributed by atoms with Crippen molar-refractivity contribution in [2.45, 2.75) is 51.7 Å². The third-order valence-electron chi connectivity index (χ3n) is 4.33. The Kier molecular flexibility index (Phi) is 3.85. The first-order valence-corrected chi connectivity index (χ1v) is 9.48. The average Bonchev–Trinajstić information content (AvgIpc) is 2.66. The van der Waals surface area contributed by atoms with Crippen molar-refractivity contribution < 1.29 is 4.79 Å². The Morgan fingerprint density at radius 1 is 1.14 bits per heavy atom. The third kappa shape index (κ3) is 3.29. The largest absolute Gasteiger partial charge is 0.347 e. The van der Waals surface area contributed by atoms with E-state index in [2.05, 4.69) is 32.6 Å². The van der Waals surface area contributed by atoms with Gasteiger partial charge in [0.05, 0.1) is 10.6 Å². The first-order chi connectivity index (χ1) is 9.76. The Morgan fingerprint density at radius 3 is 2.67 bits per heavy atom. The molecule has 0 aromatic carbocycles. The maximum absolute atomic E-state index is 12.3. The van der Waals surface area contributed by atoms with Crippen molar-refractivity contribution in [3.63, 3.8) is 0 Å². The monoisotopic (exact) mass is 324 g/mol. The van der Waals surface area contributed by atoms with Gasteiger partial charge < -0.3 is 4.90 Å². The van der Waals surface area contributed by atoms with Crippen LogP contribution in [0.1, 0.15) is 55.9 Å². The van der Waals surface area contributed by atoms with Gasteiger partial charge in [0.25, 0.3) is 0 Å². The van der Waals surface area contributed by atoms with E-state index in [1.54, 1.807) is 11.3 Å². The molecule has 1 aromatic rings. The normalized spacial score (nSPS) is 24.6. The van der Waals surface area contributed by atoms with Crippen LogP contribution < -0.4 is 4.90 Å². The van der Waals surface area contributed by atoms with Gasteiger partial charge in [0, 0.05) is 30.0 Å². The predicted molar refractivity (Wildman–Crippen MR) is 91.9 cm³/mol. The fourth-order valence-corrected chi connectivity index (χ4v) is 5.23. The van der Waals surface area contributed by atoms with Crippen molar-refractivity contribution in [3.05, 3.63) is 10.6 Å². The highest BCUT2D eigenvalue weighted by molar-refractivity contribution is 8.00. The highest BCUT2D eigenvalue weighted by Gasteiger charge is 2.35. The van der Waals surface area contributed by atoms with Crippen LogP contribution in [0.3, 0.4) is 0 Å². The molecule has 0 N–H and O–H groups in total. The Hall–Kier alpha value is -0.550. The van der Waals surface area contributed by atoms with Crippen LogP contribution in [-0.4, -0.2) is 34.4 Å². The molecule has 0 spiro atoms. The molecule has 0 bridgehead atoms. The summed E-state index contributed by atoms with van der Waals surface area (Å²) >= 11 is 3.66. The lowest BCUT2D eigenvalue weighted by molar-refractivity contribution is 0.0916. The van der Waals surface area contributed by atoms with Crippen molar-refractivity contribution in [1.29, 1.82) is 0 Å². The molecule has 21 heavy (non-hydrogen) atoms. The number of carbonyl (C=O) groups is 1. The number of rotatable bonds is 1. The topological polar surface area (TPSA) is 33.2 Å². The summed E-state index contributed by atoms with van der Waals surface area (Å²) in [4.78, 5) is 20.4. The third-order valence-corrected chi connectivity index (χ3v) is 6.90. The molecule has 116 valence electrons. The highest BCUT2D eigenvalue weighted by Crippen LogP contribution is 2.40. The van der Waals surface area contributed by atoms with E-state index in [0.717, 1.165) is 41.0 Å². The number of anilines is 1. The van der Waals surface area contributed by atoms with Gasteiger partial charge in [-0.2, -0.15) is 11.8 Å². The Labute approximate surface area is 135 Å². The minimum Gasteiger partial charge on any atom is -0.347 e. The molecule has 2 heterocycles. The van der Waals surface area contributed by atoms with Gasteiger partial charge in [-0.3, -0.25) is 4.79 Å². The molecule has 2 aliphatic rings. The van der Waals surface area contributed by atoms with E-state index in [1.807, 2.05) is 11.8 Å². The van der Waals surface area contributed by atoms with Gasteiger partial charge in [-0.05, 0) is 18.3 Å². The molecule has 0 amide bonds. The molecule has 3 nitrogen and oxygen atoms in total. The quantitative estimate of drug-likeness (QED) is 0.781. The molecule has 0 saturated carbocycles. The number of fused-ring (bicyclic) bond motifs is 1. The number of Topliss-reactive ketones (excluding diaryl/α,β-unsaturated/α-hetero) is 1. The second-order valence-corrected chi connectivity index (χ2v) is 10.3. The lowest BCUT2D eigenvalue weighted by Crippen LogP contribution is -2.27. The molecule has 0 unspecified atom stereocenters. The fraction of sp³-hybridized carbons (Fsp3) is 0.750. The van der Waals surface area contributed by atoms with Crippen LogP contribution in [0.25, 0.3) is 0 Å². The lowest BCUT2D eigenvalue weighted by Gasteiger charge is -2.26. The molecule has 5 heteroatoms. The van der Waals surface area contributed by atoms with Crippen LogP contribution >= 0.6 is 23.1 Å². The Balaban J connectivity index is 1.83. The number of carbonyl (C=O) groups excluding carboxylic acids is 1. The van der Waals surface area contributed by atoms with E-state index in [1.165, 1.54) is 6.42 Å². The SMILES string of the molecule is CC1(C)CC(=O)c2sc(N3CCSC(C)(C)CC3)nc2C1. The van der Waals surface area contributed by atoms with E-state index in [4.69, 9.17) is 4.98 Å².